The van der Waals surface area contributed by atoms with Crippen molar-refractivity contribution >= 4 is 49.9 Å². The van der Waals surface area contributed by atoms with Gasteiger partial charge in [-0.1, -0.05) is 29.3 Å². The maximum absolute atomic E-state index is 13.6. The Labute approximate surface area is 185 Å². The van der Waals surface area contributed by atoms with E-state index in [2.05, 4.69) is 4.98 Å². The molecule has 1 N–H and O–H groups in total. The summed E-state index contributed by atoms with van der Waals surface area (Å²) in [5.74, 6) is -1.24. The fraction of sp³-hybridized carbons (Fsp3) is 0.318. The summed E-state index contributed by atoms with van der Waals surface area (Å²) in [7, 11) is -2.85. The molecule has 0 aliphatic heterocycles. The number of fused-ring (bicyclic) bond motifs is 3. The molecule has 0 spiro atoms. The number of esters is 1. The lowest BCUT2D eigenvalue weighted by Gasteiger charge is -2.36. The Bertz CT molecular complexity index is 1250. The lowest BCUT2D eigenvalue weighted by atomic mass is 9.79. The van der Waals surface area contributed by atoms with Crippen LogP contribution in [0.25, 0.3) is 10.9 Å². The number of halogens is 2. The molecule has 0 bridgehead atoms. The highest BCUT2D eigenvalue weighted by Gasteiger charge is 2.54. The Morgan fingerprint density at radius 1 is 1.17 bits per heavy atom. The van der Waals surface area contributed by atoms with E-state index in [1.807, 2.05) is 18.2 Å². The van der Waals surface area contributed by atoms with E-state index in [1.54, 1.807) is 12.1 Å². The van der Waals surface area contributed by atoms with E-state index in [4.69, 9.17) is 27.9 Å². The fourth-order valence-corrected chi connectivity index (χ4v) is 6.85. The quantitative estimate of drug-likeness (QED) is 0.550. The van der Waals surface area contributed by atoms with Gasteiger partial charge in [0.15, 0.2) is 14.6 Å². The Morgan fingerprint density at radius 2 is 1.90 bits per heavy atom. The number of hydrogen-bond acceptors (Lipinski definition) is 4. The average Bonchev–Trinajstić information content (AvgIpc) is 3.09. The minimum absolute atomic E-state index is 0.0112. The summed E-state index contributed by atoms with van der Waals surface area (Å²) in [6, 6.07) is 11.6. The number of aryl methyl sites for hydroxylation is 1. The van der Waals surface area contributed by atoms with Crippen molar-refractivity contribution in [1.29, 1.82) is 0 Å². The van der Waals surface area contributed by atoms with E-state index in [0.717, 1.165) is 22.2 Å². The molecule has 0 radical (unpaired) electrons. The molecule has 2 aromatic carbocycles. The topological polar surface area (TPSA) is 76.2 Å². The van der Waals surface area contributed by atoms with Gasteiger partial charge in [0.25, 0.3) is 0 Å². The summed E-state index contributed by atoms with van der Waals surface area (Å²) in [4.78, 5) is 16.3. The van der Waals surface area contributed by atoms with Crippen molar-refractivity contribution in [1.82, 2.24) is 4.98 Å². The van der Waals surface area contributed by atoms with Crippen molar-refractivity contribution in [2.24, 2.45) is 5.92 Å². The van der Waals surface area contributed by atoms with Crippen LogP contribution in [-0.4, -0.2) is 31.2 Å². The number of ether oxygens (including phenoxy) is 1. The first-order valence-electron chi connectivity index (χ1n) is 9.56. The smallest absolute Gasteiger partial charge is 0.327 e. The van der Waals surface area contributed by atoms with Gasteiger partial charge in [-0.2, -0.15) is 0 Å². The third kappa shape index (κ3) is 3.22. The molecule has 5 nitrogen and oxygen atoms in total. The van der Waals surface area contributed by atoms with Gasteiger partial charge < -0.3 is 9.72 Å². The molecule has 1 aliphatic rings. The van der Waals surface area contributed by atoms with Gasteiger partial charge in [-0.05, 0) is 74.1 Å². The third-order valence-corrected chi connectivity index (χ3v) is 9.15. The summed E-state index contributed by atoms with van der Waals surface area (Å²) in [5, 5.41) is 1.98. The number of carbonyl (C=O) groups is 1. The van der Waals surface area contributed by atoms with E-state index in [-0.39, 0.29) is 4.90 Å². The SMILES string of the molecule is COC(=O)[C@](C)([C@@H]1CCc2c([nH]c3ccc(Cl)cc23)C1)S(=O)(=O)c1cccc(Cl)c1. The van der Waals surface area contributed by atoms with E-state index in [9.17, 15) is 13.2 Å². The number of H-pyrrole nitrogens is 1. The Balaban J connectivity index is 1.80. The minimum atomic E-state index is -4.07. The summed E-state index contributed by atoms with van der Waals surface area (Å²) < 4.78 is 30.5. The molecule has 1 aromatic heterocycles. The molecule has 158 valence electrons. The molecular formula is C22H21Cl2NO4S. The third-order valence-electron chi connectivity index (χ3n) is 6.18. The number of carbonyl (C=O) groups excluding carboxylic acids is 1. The zero-order chi connectivity index (χ0) is 21.7. The minimum Gasteiger partial charge on any atom is -0.468 e. The van der Waals surface area contributed by atoms with Gasteiger partial charge in [-0.25, -0.2) is 8.42 Å². The van der Waals surface area contributed by atoms with Crippen LogP contribution in [-0.2, 0) is 32.2 Å². The van der Waals surface area contributed by atoms with Crippen LogP contribution in [0.2, 0.25) is 10.0 Å². The Hall–Kier alpha value is -2.02. The largest absolute Gasteiger partial charge is 0.468 e. The summed E-state index contributed by atoms with van der Waals surface area (Å²) >= 11 is 12.2. The molecule has 1 heterocycles. The van der Waals surface area contributed by atoms with E-state index in [1.165, 1.54) is 26.2 Å². The Morgan fingerprint density at radius 3 is 2.60 bits per heavy atom. The van der Waals surface area contributed by atoms with Crippen LogP contribution in [0.15, 0.2) is 47.4 Å². The molecule has 4 rings (SSSR count). The molecule has 3 aromatic rings. The fourth-order valence-electron chi connectivity index (χ4n) is 4.45. The van der Waals surface area contributed by atoms with Gasteiger partial charge in [0.05, 0.1) is 12.0 Å². The second-order valence-corrected chi connectivity index (χ2v) is 11.0. The number of nitrogens with one attached hydrogen (secondary N) is 1. The van der Waals surface area contributed by atoms with Crippen molar-refractivity contribution in [2.45, 2.75) is 35.8 Å². The van der Waals surface area contributed by atoms with Gasteiger partial charge in [-0.3, -0.25) is 4.79 Å². The number of aromatic amines is 1. The Kier molecular flexibility index (Phi) is 5.37. The predicted molar refractivity (Wildman–Crippen MR) is 118 cm³/mol. The molecule has 2 atom stereocenters. The van der Waals surface area contributed by atoms with Crippen molar-refractivity contribution in [3.8, 4) is 0 Å². The van der Waals surface area contributed by atoms with Crippen molar-refractivity contribution in [2.75, 3.05) is 7.11 Å². The molecule has 1 aliphatic carbocycles. The number of sulfone groups is 1. The summed E-state index contributed by atoms with van der Waals surface area (Å²) in [5.41, 5.74) is 3.00. The first-order chi connectivity index (χ1) is 14.2. The van der Waals surface area contributed by atoms with Gasteiger partial charge in [0.2, 0.25) is 0 Å². The lowest BCUT2D eigenvalue weighted by molar-refractivity contribution is -0.145. The highest BCUT2D eigenvalue weighted by Crippen LogP contribution is 2.43. The molecular weight excluding hydrogens is 445 g/mol. The zero-order valence-corrected chi connectivity index (χ0v) is 18.9. The molecule has 8 heteroatoms. The van der Waals surface area contributed by atoms with E-state index < -0.39 is 26.5 Å². The number of aromatic nitrogens is 1. The van der Waals surface area contributed by atoms with Gasteiger partial charge >= 0.3 is 5.97 Å². The normalized spacial score (nSPS) is 18.6. The highest BCUT2D eigenvalue weighted by atomic mass is 35.5. The van der Waals surface area contributed by atoms with Crippen molar-refractivity contribution in [3.05, 3.63) is 63.8 Å². The molecule has 0 unspecified atom stereocenters. The summed E-state index contributed by atoms with van der Waals surface area (Å²) in [6.07, 6.45) is 1.57. The van der Waals surface area contributed by atoms with Crippen molar-refractivity contribution in [3.63, 3.8) is 0 Å². The lowest BCUT2D eigenvalue weighted by Crippen LogP contribution is -2.52. The zero-order valence-electron chi connectivity index (χ0n) is 16.5. The number of rotatable bonds is 4. The van der Waals surface area contributed by atoms with Crippen LogP contribution in [0, 0.1) is 5.92 Å². The maximum atomic E-state index is 13.6. The average molecular weight is 466 g/mol. The molecule has 0 amide bonds. The van der Waals surface area contributed by atoms with Crippen LogP contribution < -0.4 is 0 Å². The van der Waals surface area contributed by atoms with Crippen LogP contribution in [0.3, 0.4) is 0 Å². The van der Waals surface area contributed by atoms with Crippen LogP contribution in [0.4, 0.5) is 0 Å². The maximum Gasteiger partial charge on any atom is 0.327 e. The highest BCUT2D eigenvalue weighted by molar-refractivity contribution is 7.93. The van der Waals surface area contributed by atoms with Gasteiger partial charge in [-0.15, -0.1) is 0 Å². The predicted octanol–water partition coefficient (Wildman–Crippen LogP) is 4.99. The standard InChI is InChI=1S/C22H21Cl2NO4S/c1-22(21(26)29-2,30(27,28)16-5-3-4-14(23)11-16)13-6-8-17-18-12-15(24)7-9-19(18)25-20(17)10-13/h3-5,7,9,11-13,25H,6,8,10H2,1-2H3/t13-,22+/m1/s1. The molecule has 0 saturated carbocycles. The number of benzene rings is 2. The first kappa shape index (κ1) is 21.2. The molecule has 0 saturated heterocycles. The van der Waals surface area contributed by atoms with Crippen molar-refractivity contribution < 1.29 is 17.9 Å². The van der Waals surface area contributed by atoms with E-state index in [0.29, 0.717) is 29.3 Å². The second-order valence-electron chi connectivity index (χ2n) is 7.77. The summed E-state index contributed by atoms with van der Waals surface area (Å²) in [6.45, 7) is 1.46. The first-order valence-corrected chi connectivity index (χ1v) is 11.8. The monoisotopic (exact) mass is 465 g/mol. The number of hydrogen-bond donors (Lipinski definition) is 1. The molecule has 0 fully saturated rings. The van der Waals surface area contributed by atoms with Crippen LogP contribution >= 0.6 is 23.2 Å². The van der Waals surface area contributed by atoms with Gasteiger partial charge in [0, 0.05) is 26.6 Å². The second kappa shape index (κ2) is 7.59. The molecule has 30 heavy (non-hydrogen) atoms. The van der Waals surface area contributed by atoms with Crippen LogP contribution in [0.1, 0.15) is 24.6 Å². The van der Waals surface area contributed by atoms with Gasteiger partial charge in [0.1, 0.15) is 0 Å². The van der Waals surface area contributed by atoms with E-state index >= 15 is 0 Å². The van der Waals surface area contributed by atoms with Crippen LogP contribution in [0.5, 0.6) is 0 Å². The number of methoxy groups -OCH3 is 1.